The first kappa shape index (κ1) is 13.5. The number of aliphatic hydroxyl groups excluding tert-OH is 1. The fraction of sp³-hybridized carbons (Fsp3) is 0.600. The summed E-state index contributed by atoms with van der Waals surface area (Å²) in [6.45, 7) is 2.03. The number of likely N-dealkylation sites (N-methyl/N-ethyl adjacent to an activating group) is 2. The van der Waals surface area contributed by atoms with Gasteiger partial charge in [0.2, 0.25) is 0 Å². The van der Waals surface area contributed by atoms with Crippen molar-refractivity contribution in [3.63, 3.8) is 0 Å². The van der Waals surface area contributed by atoms with Gasteiger partial charge in [-0.1, -0.05) is 24.3 Å². The standard InChI is InChI=1S/C15H24N2O/c1-16(2)10-11-17(3)14-9-8-12-6-4-5-7-13(12)15(14)18/h4-7,14-15,18H,8-11H2,1-3H3. The lowest BCUT2D eigenvalue weighted by molar-refractivity contribution is 0.0472. The summed E-state index contributed by atoms with van der Waals surface area (Å²) in [6, 6.07) is 8.52. The maximum atomic E-state index is 10.5. The summed E-state index contributed by atoms with van der Waals surface area (Å²) in [7, 11) is 6.28. The first-order chi connectivity index (χ1) is 8.59. The smallest absolute Gasteiger partial charge is 0.0947 e. The molecule has 0 saturated heterocycles. The van der Waals surface area contributed by atoms with Gasteiger partial charge in [0.1, 0.15) is 0 Å². The molecule has 0 heterocycles. The number of fused-ring (bicyclic) bond motifs is 1. The topological polar surface area (TPSA) is 26.7 Å². The fourth-order valence-electron chi connectivity index (χ4n) is 2.70. The summed E-state index contributed by atoms with van der Waals surface area (Å²) < 4.78 is 0. The molecule has 0 spiro atoms. The van der Waals surface area contributed by atoms with E-state index in [9.17, 15) is 5.11 Å². The molecule has 0 amide bonds. The van der Waals surface area contributed by atoms with Crippen molar-refractivity contribution in [1.29, 1.82) is 0 Å². The van der Waals surface area contributed by atoms with Crippen LogP contribution in [0.15, 0.2) is 24.3 Å². The van der Waals surface area contributed by atoms with Crippen LogP contribution < -0.4 is 0 Å². The van der Waals surface area contributed by atoms with E-state index < -0.39 is 0 Å². The molecule has 1 aliphatic carbocycles. The minimum absolute atomic E-state index is 0.250. The van der Waals surface area contributed by atoms with Crippen LogP contribution >= 0.6 is 0 Å². The second-order valence-corrected chi connectivity index (χ2v) is 5.53. The van der Waals surface area contributed by atoms with E-state index in [4.69, 9.17) is 0 Å². The van der Waals surface area contributed by atoms with Crippen LogP contribution in [0.2, 0.25) is 0 Å². The lowest BCUT2D eigenvalue weighted by Crippen LogP contribution is -2.42. The molecular formula is C15H24N2O. The molecule has 0 aromatic heterocycles. The Morgan fingerprint density at radius 3 is 2.61 bits per heavy atom. The van der Waals surface area contributed by atoms with Gasteiger partial charge < -0.3 is 10.0 Å². The Morgan fingerprint density at radius 2 is 1.89 bits per heavy atom. The molecule has 1 aromatic rings. The van der Waals surface area contributed by atoms with E-state index in [0.29, 0.717) is 0 Å². The molecule has 3 heteroatoms. The van der Waals surface area contributed by atoms with Crippen molar-refractivity contribution < 1.29 is 5.11 Å². The molecule has 0 fully saturated rings. The van der Waals surface area contributed by atoms with E-state index in [1.165, 1.54) is 5.56 Å². The zero-order chi connectivity index (χ0) is 13.1. The molecule has 1 aromatic carbocycles. The quantitative estimate of drug-likeness (QED) is 0.875. The molecule has 3 nitrogen and oxygen atoms in total. The Bertz CT molecular complexity index is 392. The van der Waals surface area contributed by atoms with Crippen LogP contribution in [0.5, 0.6) is 0 Å². The fourth-order valence-corrected chi connectivity index (χ4v) is 2.70. The van der Waals surface area contributed by atoms with E-state index in [-0.39, 0.29) is 12.1 Å². The van der Waals surface area contributed by atoms with E-state index >= 15 is 0 Å². The molecule has 0 radical (unpaired) electrons. The Morgan fingerprint density at radius 1 is 1.17 bits per heavy atom. The van der Waals surface area contributed by atoms with Crippen molar-refractivity contribution in [1.82, 2.24) is 9.80 Å². The van der Waals surface area contributed by atoms with Crippen LogP contribution in [0.3, 0.4) is 0 Å². The van der Waals surface area contributed by atoms with Crippen LogP contribution in [0.1, 0.15) is 23.7 Å². The first-order valence-corrected chi connectivity index (χ1v) is 6.70. The van der Waals surface area contributed by atoms with Crippen molar-refractivity contribution >= 4 is 0 Å². The predicted octanol–water partition coefficient (Wildman–Crippen LogP) is 1.53. The molecule has 100 valence electrons. The van der Waals surface area contributed by atoms with Gasteiger partial charge in [-0.3, -0.25) is 4.90 Å². The van der Waals surface area contributed by atoms with Gasteiger partial charge in [-0.05, 0) is 45.1 Å². The van der Waals surface area contributed by atoms with E-state index in [0.717, 1.165) is 31.5 Å². The van der Waals surface area contributed by atoms with E-state index in [1.807, 2.05) is 6.07 Å². The number of aliphatic hydroxyl groups is 1. The van der Waals surface area contributed by atoms with Crippen molar-refractivity contribution in [2.45, 2.75) is 25.0 Å². The molecule has 2 unspecified atom stereocenters. The van der Waals surface area contributed by atoms with E-state index in [1.54, 1.807) is 0 Å². The normalized spacial score (nSPS) is 23.4. The van der Waals surface area contributed by atoms with Crippen molar-refractivity contribution in [2.24, 2.45) is 0 Å². The summed E-state index contributed by atoms with van der Waals surface area (Å²) >= 11 is 0. The largest absolute Gasteiger partial charge is 0.387 e. The molecule has 18 heavy (non-hydrogen) atoms. The number of aryl methyl sites for hydroxylation is 1. The third-order valence-electron chi connectivity index (χ3n) is 3.91. The number of rotatable bonds is 4. The maximum Gasteiger partial charge on any atom is 0.0947 e. The maximum absolute atomic E-state index is 10.5. The zero-order valence-corrected chi connectivity index (χ0v) is 11.6. The average Bonchev–Trinajstić information content (AvgIpc) is 2.37. The molecule has 0 aliphatic heterocycles. The summed E-state index contributed by atoms with van der Waals surface area (Å²) in [5.74, 6) is 0. The Labute approximate surface area is 110 Å². The Hall–Kier alpha value is -0.900. The van der Waals surface area contributed by atoms with Gasteiger partial charge in [-0.25, -0.2) is 0 Å². The summed E-state index contributed by atoms with van der Waals surface area (Å²) in [5, 5.41) is 10.5. The summed E-state index contributed by atoms with van der Waals surface area (Å²) in [6.07, 6.45) is 1.77. The highest BCUT2D eigenvalue weighted by Gasteiger charge is 2.30. The third-order valence-corrected chi connectivity index (χ3v) is 3.91. The van der Waals surface area contributed by atoms with Gasteiger partial charge in [-0.15, -0.1) is 0 Å². The molecule has 0 saturated carbocycles. The number of benzene rings is 1. The molecule has 2 rings (SSSR count). The van der Waals surface area contributed by atoms with Crippen LogP contribution in [0, 0.1) is 0 Å². The molecule has 2 atom stereocenters. The third kappa shape index (κ3) is 2.91. The van der Waals surface area contributed by atoms with Crippen LogP contribution in [-0.2, 0) is 6.42 Å². The molecular weight excluding hydrogens is 224 g/mol. The zero-order valence-electron chi connectivity index (χ0n) is 11.6. The van der Waals surface area contributed by atoms with Gasteiger partial charge in [-0.2, -0.15) is 0 Å². The van der Waals surface area contributed by atoms with Crippen molar-refractivity contribution in [2.75, 3.05) is 34.2 Å². The van der Waals surface area contributed by atoms with Crippen molar-refractivity contribution in [3.8, 4) is 0 Å². The van der Waals surface area contributed by atoms with Gasteiger partial charge in [0.25, 0.3) is 0 Å². The minimum Gasteiger partial charge on any atom is -0.387 e. The van der Waals surface area contributed by atoms with Gasteiger partial charge in [0.15, 0.2) is 0 Å². The van der Waals surface area contributed by atoms with Gasteiger partial charge in [0.05, 0.1) is 6.10 Å². The van der Waals surface area contributed by atoms with Crippen LogP contribution in [0.25, 0.3) is 0 Å². The van der Waals surface area contributed by atoms with Gasteiger partial charge in [0, 0.05) is 19.1 Å². The van der Waals surface area contributed by atoms with Crippen LogP contribution in [0.4, 0.5) is 0 Å². The Kier molecular flexibility index (Phi) is 4.38. The molecule has 1 aliphatic rings. The van der Waals surface area contributed by atoms with E-state index in [2.05, 4.69) is 49.1 Å². The monoisotopic (exact) mass is 248 g/mol. The lowest BCUT2D eigenvalue weighted by Gasteiger charge is -2.37. The number of hydrogen-bond donors (Lipinski definition) is 1. The average molecular weight is 248 g/mol. The number of hydrogen-bond acceptors (Lipinski definition) is 3. The highest BCUT2D eigenvalue weighted by Crippen LogP contribution is 2.32. The first-order valence-electron chi connectivity index (χ1n) is 6.70. The highest BCUT2D eigenvalue weighted by atomic mass is 16.3. The lowest BCUT2D eigenvalue weighted by atomic mass is 9.85. The SMILES string of the molecule is CN(C)CCN(C)C1CCc2ccccc2C1O. The highest BCUT2D eigenvalue weighted by molar-refractivity contribution is 5.32. The van der Waals surface area contributed by atoms with Crippen LogP contribution in [-0.4, -0.2) is 55.2 Å². The second-order valence-electron chi connectivity index (χ2n) is 5.53. The van der Waals surface area contributed by atoms with Crippen molar-refractivity contribution in [3.05, 3.63) is 35.4 Å². The number of nitrogens with zero attached hydrogens (tertiary/aromatic N) is 2. The summed E-state index contributed by atoms with van der Waals surface area (Å²) in [5.41, 5.74) is 2.42. The summed E-state index contributed by atoms with van der Waals surface area (Å²) in [4.78, 5) is 4.47. The van der Waals surface area contributed by atoms with Gasteiger partial charge >= 0.3 is 0 Å². The second kappa shape index (κ2) is 5.83. The molecule has 1 N–H and O–H groups in total. The molecule has 0 bridgehead atoms. The predicted molar refractivity (Wildman–Crippen MR) is 74.7 cm³/mol. The Balaban J connectivity index is 2.04. The minimum atomic E-state index is -0.345.